The van der Waals surface area contributed by atoms with Gasteiger partial charge in [0.05, 0.1) is 0 Å². The SMILES string of the molecule is CCCc1c(Cl)ncnc1Nc1ccc(Br)cc1CC. The molecule has 0 aliphatic heterocycles. The number of halogens is 2. The monoisotopic (exact) mass is 353 g/mol. The van der Waals surface area contributed by atoms with Gasteiger partial charge in [-0.15, -0.1) is 0 Å². The third-order valence-electron chi connectivity index (χ3n) is 3.09. The van der Waals surface area contributed by atoms with Crippen LogP contribution in [-0.4, -0.2) is 9.97 Å². The average molecular weight is 355 g/mol. The number of hydrogen-bond donors (Lipinski definition) is 1. The summed E-state index contributed by atoms with van der Waals surface area (Å²) < 4.78 is 1.08. The third-order valence-corrected chi connectivity index (χ3v) is 3.91. The van der Waals surface area contributed by atoms with Crippen molar-refractivity contribution in [1.29, 1.82) is 0 Å². The van der Waals surface area contributed by atoms with Gasteiger partial charge >= 0.3 is 0 Å². The highest BCUT2D eigenvalue weighted by Crippen LogP contribution is 2.28. The summed E-state index contributed by atoms with van der Waals surface area (Å²) in [6.07, 6.45) is 4.31. The summed E-state index contributed by atoms with van der Waals surface area (Å²) in [5, 5.41) is 3.92. The second-order valence-corrected chi connectivity index (χ2v) is 5.80. The Kier molecular flexibility index (Phi) is 5.38. The van der Waals surface area contributed by atoms with Crippen molar-refractivity contribution < 1.29 is 0 Å². The lowest BCUT2D eigenvalue weighted by atomic mass is 10.1. The van der Waals surface area contributed by atoms with Crippen LogP contribution in [0.15, 0.2) is 29.0 Å². The Labute approximate surface area is 132 Å². The van der Waals surface area contributed by atoms with Gasteiger partial charge in [-0.2, -0.15) is 0 Å². The van der Waals surface area contributed by atoms with Gasteiger partial charge in [-0.25, -0.2) is 9.97 Å². The quantitative estimate of drug-likeness (QED) is 0.754. The normalized spacial score (nSPS) is 10.6. The topological polar surface area (TPSA) is 37.8 Å². The molecule has 0 atom stereocenters. The molecule has 0 spiro atoms. The van der Waals surface area contributed by atoms with Gasteiger partial charge in [-0.05, 0) is 36.6 Å². The highest BCUT2D eigenvalue weighted by Gasteiger charge is 2.11. The fourth-order valence-corrected chi connectivity index (χ4v) is 2.71. The lowest BCUT2D eigenvalue weighted by molar-refractivity contribution is 0.904. The van der Waals surface area contributed by atoms with E-state index in [9.17, 15) is 0 Å². The second kappa shape index (κ2) is 7.04. The fourth-order valence-electron chi connectivity index (χ4n) is 2.07. The molecule has 5 heteroatoms. The molecule has 2 rings (SSSR count). The maximum atomic E-state index is 6.17. The standard InChI is InChI=1S/C15H17BrClN3/c1-3-5-12-14(17)18-9-19-15(12)20-13-7-6-11(16)8-10(13)4-2/h6-9H,3-5H2,1-2H3,(H,18,19,20). The summed E-state index contributed by atoms with van der Waals surface area (Å²) in [6.45, 7) is 4.25. The van der Waals surface area contributed by atoms with E-state index in [4.69, 9.17) is 11.6 Å². The molecule has 0 radical (unpaired) electrons. The van der Waals surface area contributed by atoms with Gasteiger partial charge in [0.25, 0.3) is 0 Å². The van der Waals surface area contributed by atoms with E-state index in [0.717, 1.165) is 40.8 Å². The summed E-state index contributed by atoms with van der Waals surface area (Å²) in [7, 11) is 0. The predicted molar refractivity (Wildman–Crippen MR) is 87.8 cm³/mol. The van der Waals surface area contributed by atoms with E-state index in [-0.39, 0.29) is 0 Å². The molecule has 20 heavy (non-hydrogen) atoms. The number of benzene rings is 1. The van der Waals surface area contributed by atoms with E-state index in [1.165, 1.54) is 11.9 Å². The summed E-state index contributed by atoms with van der Waals surface area (Å²) in [6, 6.07) is 6.18. The maximum Gasteiger partial charge on any atom is 0.138 e. The van der Waals surface area contributed by atoms with E-state index in [1.54, 1.807) is 0 Å². The van der Waals surface area contributed by atoms with Crippen molar-refractivity contribution in [2.75, 3.05) is 5.32 Å². The molecule has 0 saturated carbocycles. The zero-order valence-electron chi connectivity index (χ0n) is 11.6. The molecule has 0 amide bonds. The van der Waals surface area contributed by atoms with Crippen LogP contribution in [0, 0.1) is 0 Å². The Morgan fingerprint density at radius 2 is 2.05 bits per heavy atom. The van der Waals surface area contributed by atoms with Gasteiger partial charge in [0.1, 0.15) is 17.3 Å². The molecule has 0 aliphatic rings. The Morgan fingerprint density at radius 3 is 2.75 bits per heavy atom. The van der Waals surface area contributed by atoms with Crippen LogP contribution in [0.2, 0.25) is 5.15 Å². The Hall–Kier alpha value is -1.13. The highest BCUT2D eigenvalue weighted by molar-refractivity contribution is 9.10. The van der Waals surface area contributed by atoms with Crippen molar-refractivity contribution in [3.05, 3.63) is 45.3 Å². The Balaban J connectivity index is 2.37. The van der Waals surface area contributed by atoms with Crippen molar-refractivity contribution in [3.8, 4) is 0 Å². The minimum atomic E-state index is 0.527. The lowest BCUT2D eigenvalue weighted by Crippen LogP contribution is -2.03. The number of hydrogen-bond acceptors (Lipinski definition) is 3. The lowest BCUT2D eigenvalue weighted by Gasteiger charge is -2.14. The van der Waals surface area contributed by atoms with Crippen LogP contribution in [0.4, 0.5) is 11.5 Å². The number of nitrogens with one attached hydrogen (secondary N) is 1. The van der Waals surface area contributed by atoms with Gasteiger partial charge in [-0.1, -0.05) is 47.8 Å². The minimum absolute atomic E-state index is 0.527. The third kappa shape index (κ3) is 3.49. The van der Waals surface area contributed by atoms with Crippen LogP contribution < -0.4 is 5.32 Å². The first-order valence-corrected chi connectivity index (χ1v) is 7.87. The molecule has 0 fully saturated rings. The van der Waals surface area contributed by atoms with E-state index in [0.29, 0.717) is 5.15 Å². The van der Waals surface area contributed by atoms with Gasteiger partial charge < -0.3 is 5.32 Å². The van der Waals surface area contributed by atoms with Crippen LogP contribution in [0.3, 0.4) is 0 Å². The predicted octanol–water partition coefficient (Wildman–Crippen LogP) is 5.15. The summed E-state index contributed by atoms with van der Waals surface area (Å²) in [4.78, 5) is 8.40. The molecular formula is C15H17BrClN3. The van der Waals surface area contributed by atoms with Crippen molar-refractivity contribution in [1.82, 2.24) is 9.97 Å². The smallest absolute Gasteiger partial charge is 0.138 e. The zero-order valence-corrected chi connectivity index (χ0v) is 13.9. The molecule has 1 heterocycles. The van der Waals surface area contributed by atoms with Crippen molar-refractivity contribution in [3.63, 3.8) is 0 Å². The van der Waals surface area contributed by atoms with Crippen LogP contribution in [0.25, 0.3) is 0 Å². The fraction of sp³-hybridized carbons (Fsp3) is 0.333. The number of rotatable bonds is 5. The summed E-state index contributed by atoms with van der Waals surface area (Å²) in [5.41, 5.74) is 3.26. The molecule has 1 aromatic carbocycles. The Morgan fingerprint density at radius 1 is 1.25 bits per heavy atom. The van der Waals surface area contributed by atoms with E-state index >= 15 is 0 Å². The Bertz CT molecular complexity index is 602. The van der Waals surface area contributed by atoms with Gasteiger partial charge in [0.15, 0.2) is 0 Å². The van der Waals surface area contributed by atoms with E-state index in [2.05, 4.69) is 57.2 Å². The average Bonchev–Trinajstić information content (AvgIpc) is 2.44. The number of aromatic nitrogens is 2. The van der Waals surface area contributed by atoms with Gasteiger partial charge in [0.2, 0.25) is 0 Å². The van der Waals surface area contributed by atoms with Crippen LogP contribution >= 0.6 is 27.5 Å². The molecule has 0 saturated heterocycles. The highest BCUT2D eigenvalue weighted by atomic mass is 79.9. The van der Waals surface area contributed by atoms with Crippen molar-refractivity contribution in [2.45, 2.75) is 33.1 Å². The summed E-state index contributed by atoms with van der Waals surface area (Å²) >= 11 is 9.67. The van der Waals surface area contributed by atoms with Gasteiger partial charge in [-0.3, -0.25) is 0 Å². The van der Waals surface area contributed by atoms with E-state index in [1.807, 2.05) is 6.07 Å². The largest absolute Gasteiger partial charge is 0.340 e. The molecule has 0 unspecified atom stereocenters. The van der Waals surface area contributed by atoms with Crippen molar-refractivity contribution >= 4 is 39.0 Å². The molecule has 106 valence electrons. The number of anilines is 2. The molecule has 0 bridgehead atoms. The van der Waals surface area contributed by atoms with Crippen LogP contribution in [0.5, 0.6) is 0 Å². The zero-order chi connectivity index (χ0) is 14.5. The molecule has 1 N–H and O–H groups in total. The minimum Gasteiger partial charge on any atom is -0.340 e. The van der Waals surface area contributed by atoms with Crippen molar-refractivity contribution in [2.24, 2.45) is 0 Å². The summed E-state index contributed by atoms with van der Waals surface area (Å²) in [5.74, 6) is 0.795. The number of nitrogens with zero attached hydrogens (tertiary/aromatic N) is 2. The van der Waals surface area contributed by atoms with Gasteiger partial charge in [0, 0.05) is 15.7 Å². The second-order valence-electron chi connectivity index (χ2n) is 4.52. The maximum absolute atomic E-state index is 6.17. The number of aryl methyl sites for hydroxylation is 1. The first kappa shape index (κ1) is 15.3. The van der Waals surface area contributed by atoms with Crippen LogP contribution in [-0.2, 0) is 12.8 Å². The molecule has 1 aromatic heterocycles. The molecule has 0 aliphatic carbocycles. The molecule has 3 nitrogen and oxygen atoms in total. The van der Waals surface area contributed by atoms with E-state index < -0.39 is 0 Å². The first-order valence-electron chi connectivity index (χ1n) is 6.70. The van der Waals surface area contributed by atoms with Crippen LogP contribution in [0.1, 0.15) is 31.4 Å². The first-order chi connectivity index (χ1) is 9.65. The molecular weight excluding hydrogens is 338 g/mol. The molecule has 2 aromatic rings.